The van der Waals surface area contributed by atoms with Crippen LogP contribution in [0.25, 0.3) is 0 Å². The molecule has 1 fully saturated rings. The van der Waals surface area contributed by atoms with E-state index >= 15 is 0 Å². The average molecular weight is 375 g/mol. The van der Waals surface area contributed by atoms with E-state index in [1.165, 1.54) is 50.3 Å². The normalized spacial score (nSPS) is 21.4. The monoisotopic (exact) mass is 374 g/mol. The minimum absolute atomic E-state index is 0.250. The predicted octanol–water partition coefficient (Wildman–Crippen LogP) is 5.33. The standard InChI is InChI=1S/C19H32F2N2OS/c1-19(20,21)14-24-15-25-18-10-13-23(12-9-17(18)22-2)11-8-16-6-4-3-5-7-16/h16H,2-15H2,1H3. The lowest BCUT2D eigenvalue weighted by Crippen LogP contribution is -2.28. The van der Waals surface area contributed by atoms with Crippen LogP contribution in [0, 0.1) is 5.92 Å². The maximum absolute atomic E-state index is 12.8. The van der Waals surface area contributed by atoms with Crippen LogP contribution < -0.4 is 0 Å². The predicted molar refractivity (Wildman–Crippen MR) is 102 cm³/mol. The van der Waals surface area contributed by atoms with Gasteiger partial charge in [-0.25, -0.2) is 8.78 Å². The van der Waals surface area contributed by atoms with Gasteiger partial charge in [-0.2, -0.15) is 0 Å². The van der Waals surface area contributed by atoms with Gasteiger partial charge in [-0.1, -0.05) is 32.1 Å². The van der Waals surface area contributed by atoms with Gasteiger partial charge in [0.15, 0.2) is 0 Å². The van der Waals surface area contributed by atoms with Crippen molar-refractivity contribution in [3.8, 4) is 0 Å². The van der Waals surface area contributed by atoms with Gasteiger partial charge in [0.2, 0.25) is 0 Å². The van der Waals surface area contributed by atoms with E-state index in [0.717, 1.165) is 55.9 Å². The molecule has 1 heterocycles. The van der Waals surface area contributed by atoms with Crippen molar-refractivity contribution in [2.24, 2.45) is 10.9 Å². The molecule has 0 aromatic rings. The Morgan fingerprint density at radius 1 is 1.24 bits per heavy atom. The molecule has 0 bridgehead atoms. The number of rotatable bonds is 9. The number of nitrogens with zero attached hydrogens (tertiary/aromatic N) is 2. The van der Waals surface area contributed by atoms with Gasteiger partial charge in [-0.15, -0.1) is 11.8 Å². The van der Waals surface area contributed by atoms with Crippen LogP contribution >= 0.6 is 11.8 Å². The Labute approximate surface area is 155 Å². The largest absolute Gasteiger partial charge is 0.364 e. The minimum Gasteiger partial charge on any atom is -0.364 e. The maximum Gasteiger partial charge on any atom is 0.268 e. The number of alkyl halides is 2. The summed E-state index contributed by atoms with van der Waals surface area (Å²) in [6.07, 6.45) is 10.1. The number of hydrogen-bond donors (Lipinski definition) is 0. The van der Waals surface area contributed by atoms with Gasteiger partial charge >= 0.3 is 0 Å². The lowest BCUT2D eigenvalue weighted by atomic mass is 9.87. The smallest absolute Gasteiger partial charge is 0.268 e. The van der Waals surface area contributed by atoms with Crippen molar-refractivity contribution in [3.63, 3.8) is 0 Å². The van der Waals surface area contributed by atoms with Crippen molar-refractivity contribution in [1.29, 1.82) is 0 Å². The summed E-state index contributed by atoms with van der Waals surface area (Å²) in [5, 5.41) is 0. The molecule has 0 N–H and O–H groups in total. The van der Waals surface area contributed by atoms with E-state index in [2.05, 4.69) is 16.6 Å². The second-order valence-corrected chi connectivity index (χ2v) is 8.36. The molecule has 0 aromatic heterocycles. The van der Waals surface area contributed by atoms with Crippen molar-refractivity contribution in [1.82, 2.24) is 4.90 Å². The quantitative estimate of drug-likeness (QED) is 0.310. The first-order chi connectivity index (χ1) is 12.0. The molecule has 0 unspecified atom stereocenters. The highest BCUT2D eigenvalue weighted by Gasteiger charge is 2.22. The Hall–Kier alpha value is -0.460. The number of halogens is 2. The SMILES string of the molecule is C=NC1=C(SCOCC(C)(F)F)CCN(CCC2CCCCC2)CC1. The zero-order valence-electron chi connectivity index (χ0n) is 15.4. The Morgan fingerprint density at radius 3 is 2.64 bits per heavy atom. The Bertz CT molecular complexity index is 445. The third kappa shape index (κ3) is 8.18. The van der Waals surface area contributed by atoms with Crippen LogP contribution in [-0.2, 0) is 4.74 Å². The van der Waals surface area contributed by atoms with Gasteiger partial charge in [-0.05, 0) is 32.0 Å². The number of ether oxygens (including phenoxy) is 1. The van der Waals surface area contributed by atoms with Crippen LogP contribution in [0.1, 0.15) is 58.3 Å². The van der Waals surface area contributed by atoms with Gasteiger partial charge in [-0.3, -0.25) is 4.99 Å². The molecular weight excluding hydrogens is 342 g/mol. The average Bonchev–Trinajstić information content (AvgIpc) is 2.79. The summed E-state index contributed by atoms with van der Waals surface area (Å²) in [6, 6.07) is 0. The molecular formula is C19H32F2N2OS. The van der Waals surface area contributed by atoms with Gasteiger partial charge in [0.25, 0.3) is 5.92 Å². The third-order valence-electron chi connectivity index (χ3n) is 5.08. The van der Waals surface area contributed by atoms with Crippen LogP contribution in [0.5, 0.6) is 0 Å². The molecule has 1 aliphatic carbocycles. The second-order valence-electron chi connectivity index (χ2n) is 7.34. The molecule has 6 heteroatoms. The summed E-state index contributed by atoms with van der Waals surface area (Å²) in [4.78, 5) is 7.85. The van der Waals surface area contributed by atoms with E-state index in [1.807, 2.05) is 0 Å². The first kappa shape index (κ1) is 20.8. The van der Waals surface area contributed by atoms with Gasteiger partial charge in [0, 0.05) is 31.3 Å². The zero-order valence-corrected chi connectivity index (χ0v) is 16.3. The van der Waals surface area contributed by atoms with Gasteiger partial charge < -0.3 is 9.64 Å². The van der Waals surface area contributed by atoms with Crippen molar-refractivity contribution < 1.29 is 13.5 Å². The molecule has 0 saturated heterocycles. The molecule has 0 aromatic carbocycles. The summed E-state index contributed by atoms with van der Waals surface area (Å²) in [6.45, 7) is 7.22. The van der Waals surface area contributed by atoms with Gasteiger partial charge in [0.05, 0.1) is 11.6 Å². The van der Waals surface area contributed by atoms with E-state index in [4.69, 9.17) is 4.74 Å². The molecule has 2 aliphatic rings. The van der Waals surface area contributed by atoms with E-state index in [-0.39, 0.29) is 5.94 Å². The van der Waals surface area contributed by atoms with Crippen LogP contribution in [0.3, 0.4) is 0 Å². The first-order valence-electron chi connectivity index (χ1n) is 9.47. The topological polar surface area (TPSA) is 24.8 Å². The summed E-state index contributed by atoms with van der Waals surface area (Å²) >= 11 is 1.50. The first-order valence-corrected chi connectivity index (χ1v) is 10.5. The fraction of sp³-hybridized carbons (Fsp3) is 0.842. The Balaban J connectivity index is 1.73. The number of thioether (sulfide) groups is 1. The fourth-order valence-electron chi connectivity index (χ4n) is 3.64. The Morgan fingerprint density at radius 2 is 1.96 bits per heavy atom. The minimum atomic E-state index is -2.77. The Kier molecular flexibility index (Phi) is 8.87. The summed E-state index contributed by atoms with van der Waals surface area (Å²) in [5.74, 6) is -1.62. The van der Waals surface area contributed by atoms with Crippen molar-refractivity contribution in [2.45, 2.75) is 64.2 Å². The molecule has 3 nitrogen and oxygen atoms in total. The van der Waals surface area contributed by atoms with Crippen molar-refractivity contribution >= 4 is 18.5 Å². The summed E-state index contributed by atoms with van der Waals surface area (Å²) < 4.78 is 30.7. The number of hydrogen-bond acceptors (Lipinski definition) is 4. The van der Waals surface area contributed by atoms with E-state index < -0.39 is 12.5 Å². The van der Waals surface area contributed by atoms with Crippen molar-refractivity contribution in [2.75, 3.05) is 32.2 Å². The van der Waals surface area contributed by atoms with Gasteiger partial charge in [0.1, 0.15) is 6.61 Å². The molecule has 0 radical (unpaired) electrons. The second kappa shape index (κ2) is 10.6. The third-order valence-corrected chi connectivity index (χ3v) is 6.16. The molecule has 144 valence electrons. The van der Waals surface area contributed by atoms with Crippen LogP contribution in [-0.4, -0.2) is 49.7 Å². The molecule has 1 saturated carbocycles. The van der Waals surface area contributed by atoms with Crippen LogP contribution in [0.15, 0.2) is 15.6 Å². The highest BCUT2D eigenvalue weighted by molar-refractivity contribution is 8.02. The van der Waals surface area contributed by atoms with Crippen LogP contribution in [0.4, 0.5) is 8.78 Å². The molecule has 2 rings (SSSR count). The number of aliphatic imine (C=N–C) groups is 1. The maximum atomic E-state index is 12.8. The van der Waals surface area contributed by atoms with E-state index in [9.17, 15) is 8.78 Å². The molecule has 0 amide bonds. The molecule has 25 heavy (non-hydrogen) atoms. The lowest BCUT2D eigenvalue weighted by Gasteiger charge is -2.26. The fourth-order valence-corrected chi connectivity index (χ4v) is 4.52. The van der Waals surface area contributed by atoms with E-state index in [0.29, 0.717) is 0 Å². The highest BCUT2D eigenvalue weighted by Crippen LogP contribution is 2.31. The zero-order chi connectivity index (χ0) is 18.1. The lowest BCUT2D eigenvalue weighted by molar-refractivity contribution is -0.0514. The summed E-state index contributed by atoms with van der Waals surface area (Å²) in [5.41, 5.74) is 1.01. The molecule has 0 atom stereocenters. The molecule has 0 spiro atoms. The van der Waals surface area contributed by atoms with Crippen molar-refractivity contribution in [3.05, 3.63) is 10.6 Å². The molecule has 1 aliphatic heterocycles. The van der Waals surface area contributed by atoms with E-state index in [1.54, 1.807) is 0 Å². The van der Waals surface area contributed by atoms with Crippen LogP contribution in [0.2, 0.25) is 0 Å². The highest BCUT2D eigenvalue weighted by atomic mass is 32.2. The summed E-state index contributed by atoms with van der Waals surface area (Å²) in [7, 11) is 0.